The molecule has 0 saturated heterocycles. The van der Waals surface area contributed by atoms with E-state index in [4.69, 9.17) is 0 Å². The molecule has 1 heterocycles. The van der Waals surface area contributed by atoms with Gasteiger partial charge in [-0.3, -0.25) is 4.79 Å². The second-order valence-corrected chi connectivity index (χ2v) is 8.67. The number of thiophene rings is 1. The monoisotopic (exact) mass is 360 g/mol. The number of ketones is 1. The Morgan fingerprint density at radius 2 is 1.62 bits per heavy atom. The maximum Gasteiger partial charge on any atom is 0.195 e. The molecule has 0 aliphatic rings. The number of carbonyl (C=O) groups excluding carboxylic acids is 1. The first-order valence-corrected chi connectivity index (χ1v) is 9.69. The van der Waals surface area contributed by atoms with Gasteiger partial charge >= 0.3 is 0 Å². The summed E-state index contributed by atoms with van der Waals surface area (Å²) in [4.78, 5) is 14.4. The van der Waals surface area contributed by atoms with Crippen LogP contribution in [-0.4, -0.2) is 5.78 Å². The van der Waals surface area contributed by atoms with Crippen LogP contribution < -0.4 is 0 Å². The first-order valence-electron chi connectivity index (χ1n) is 8.87. The molecule has 0 N–H and O–H groups in total. The fraction of sp³-hybridized carbons (Fsp3) is 0.208. The van der Waals surface area contributed by atoms with Gasteiger partial charge in [0.15, 0.2) is 5.78 Å². The Labute approximate surface area is 160 Å². The highest BCUT2D eigenvalue weighted by Crippen LogP contribution is 2.23. The SMILES string of the molecule is CC(C)(C)c1ccc(/C=C/C(=O)c2ccc(Cc3ccccc3)s2)cc1. The Bertz CT molecular complexity index is 893. The number of carbonyl (C=O) groups is 1. The van der Waals surface area contributed by atoms with Crippen molar-refractivity contribution >= 4 is 23.2 Å². The normalized spacial score (nSPS) is 11.8. The highest BCUT2D eigenvalue weighted by Gasteiger charge is 2.12. The van der Waals surface area contributed by atoms with E-state index in [1.54, 1.807) is 17.4 Å². The summed E-state index contributed by atoms with van der Waals surface area (Å²) in [6, 6.07) is 22.7. The van der Waals surface area contributed by atoms with Gasteiger partial charge in [0.1, 0.15) is 0 Å². The van der Waals surface area contributed by atoms with Crippen molar-refractivity contribution in [3.8, 4) is 0 Å². The second-order valence-electron chi connectivity index (χ2n) is 7.50. The van der Waals surface area contributed by atoms with E-state index >= 15 is 0 Å². The summed E-state index contributed by atoms with van der Waals surface area (Å²) in [6.07, 6.45) is 4.44. The quantitative estimate of drug-likeness (QED) is 0.373. The minimum Gasteiger partial charge on any atom is -0.288 e. The fourth-order valence-corrected chi connectivity index (χ4v) is 3.71. The maximum absolute atomic E-state index is 12.4. The van der Waals surface area contributed by atoms with Crippen LogP contribution in [0.3, 0.4) is 0 Å². The van der Waals surface area contributed by atoms with Crippen LogP contribution in [-0.2, 0) is 11.8 Å². The van der Waals surface area contributed by atoms with Crippen LogP contribution in [0.4, 0.5) is 0 Å². The number of allylic oxidation sites excluding steroid dienone is 1. The zero-order valence-corrected chi connectivity index (χ0v) is 16.3. The van der Waals surface area contributed by atoms with Crippen LogP contribution in [0.2, 0.25) is 0 Å². The zero-order chi connectivity index (χ0) is 18.6. The molecule has 0 aliphatic heterocycles. The van der Waals surface area contributed by atoms with Crippen LogP contribution in [0.1, 0.15) is 52.0 Å². The van der Waals surface area contributed by atoms with Crippen LogP contribution in [0.15, 0.2) is 72.8 Å². The molecule has 1 aromatic heterocycles. The van der Waals surface area contributed by atoms with Gasteiger partial charge in [-0.1, -0.05) is 81.4 Å². The smallest absolute Gasteiger partial charge is 0.195 e. The molecule has 2 aromatic carbocycles. The Morgan fingerprint density at radius 3 is 2.27 bits per heavy atom. The van der Waals surface area contributed by atoms with E-state index in [1.807, 2.05) is 30.3 Å². The summed E-state index contributed by atoms with van der Waals surface area (Å²) >= 11 is 1.58. The molecule has 3 rings (SSSR count). The van der Waals surface area contributed by atoms with Gasteiger partial charge in [0, 0.05) is 11.3 Å². The van der Waals surface area contributed by atoms with Gasteiger partial charge in [-0.25, -0.2) is 0 Å². The number of benzene rings is 2. The molecule has 0 bridgehead atoms. The topological polar surface area (TPSA) is 17.1 Å². The molecule has 132 valence electrons. The Morgan fingerprint density at radius 1 is 0.923 bits per heavy atom. The van der Waals surface area contributed by atoms with Crippen molar-refractivity contribution in [2.24, 2.45) is 0 Å². The van der Waals surface area contributed by atoms with Crippen molar-refractivity contribution < 1.29 is 4.79 Å². The predicted molar refractivity (Wildman–Crippen MR) is 112 cm³/mol. The molecule has 0 fully saturated rings. The lowest BCUT2D eigenvalue weighted by atomic mass is 9.87. The average molecular weight is 361 g/mol. The molecular formula is C24H24OS. The van der Waals surface area contributed by atoms with E-state index in [0.29, 0.717) is 0 Å². The van der Waals surface area contributed by atoms with Crippen molar-refractivity contribution in [1.82, 2.24) is 0 Å². The third-order valence-electron chi connectivity index (χ3n) is 4.33. The van der Waals surface area contributed by atoms with Crippen molar-refractivity contribution in [3.05, 3.63) is 99.3 Å². The van der Waals surface area contributed by atoms with Crippen LogP contribution in [0.25, 0.3) is 6.08 Å². The molecule has 1 nitrogen and oxygen atoms in total. The van der Waals surface area contributed by atoms with Gasteiger partial charge in [0.05, 0.1) is 4.88 Å². The molecular weight excluding hydrogens is 336 g/mol. The molecule has 0 aliphatic carbocycles. The lowest BCUT2D eigenvalue weighted by molar-refractivity contribution is 0.105. The Balaban J connectivity index is 1.65. The van der Waals surface area contributed by atoms with Crippen molar-refractivity contribution in [2.75, 3.05) is 0 Å². The maximum atomic E-state index is 12.4. The van der Waals surface area contributed by atoms with E-state index in [1.165, 1.54) is 16.0 Å². The first-order chi connectivity index (χ1) is 12.4. The molecule has 0 spiro atoms. The summed E-state index contributed by atoms with van der Waals surface area (Å²) in [5.74, 6) is 0.0641. The lowest BCUT2D eigenvalue weighted by Crippen LogP contribution is -2.10. The van der Waals surface area contributed by atoms with Crippen molar-refractivity contribution in [1.29, 1.82) is 0 Å². The second kappa shape index (κ2) is 7.84. The largest absolute Gasteiger partial charge is 0.288 e. The molecule has 0 saturated carbocycles. The first kappa shape index (κ1) is 18.3. The van der Waals surface area contributed by atoms with Gasteiger partial charge in [-0.15, -0.1) is 11.3 Å². The van der Waals surface area contributed by atoms with Gasteiger partial charge in [0.25, 0.3) is 0 Å². The molecule has 0 unspecified atom stereocenters. The van der Waals surface area contributed by atoms with Crippen molar-refractivity contribution in [3.63, 3.8) is 0 Å². The Hall–Kier alpha value is -2.45. The molecule has 0 radical (unpaired) electrons. The van der Waals surface area contributed by atoms with Crippen LogP contribution in [0, 0.1) is 0 Å². The van der Waals surface area contributed by atoms with E-state index in [0.717, 1.165) is 16.9 Å². The molecule has 3 aromatic rings. The molecule has 26 heavy (non-hydrogen) atoms. The van der Waals surface area contributed by atoms with Gasteiger partial charge < -0.3 is 0 Å². The third-order valence-corrected chi connectivity index (χ3v) is 5.43. The summed E-state index contributed by atoms with van der Waals surface area (Å²) < 4.78 is 0. The highest BCUT2D eigenvalue weighted by atomic mass is 32.1. The lowest BCUT2D eigenvalue weighted by Gasteiger charge is -2.18. The minimum absolute atomic E-state index is 0.0641. The van der Waals surface area contributed by atoms with E-state index in [2.05, 4.69) is 63.2 Å². The number of rotatable bonds is 5. The zero-order valence-electron chi connectivity index (χ0n) is 15.5. The van der Waals surface area contributed by atoms with Gasteiger partial charge in [-0.2, -0.15) is 0 Å². The van der Waals surface area contributed by atoms with Gasteiger partial charge in [0.2, 0.25) is 0 Å². The summed E-state index contributed by atoms with van der Waals surface area (Å²) in [7, 11) is 0. The minimum atomic E-state index is 0.0641. The van der Waals surface area contributed by atoms with E-state index in [9.17, 15) is 4.79 Å². The van der Waals surface area contributed by atoms with Gasteiger partial charge in [-0.05, 0) is 40.3 Å². The highest BCUT2D eigenvalue weighted by molar-refractivity contribution is 7.14. The average Bonchev–Trinajstić information content (AvgIpc) is 3.09. The predicted octanol–water partition coefficient (Wildman–Crippen LogP) is 6.53. The van der Waals surface area contributed by atoms with E-state index in [-0.39, 0.29) is 11.2 Å². The molecule has 0 amide bonds. The van der Waals surface area contributed by atoms with Crippen molar-refractivity contribution in [2.45, 2.75) is 32.6 Å². The van der Waals surface area contributed by atoms with Crippen LogP contribution >= 0.6 is 11.3 Å². The molecule has 2 heteroatoms. The number of hydrogen-bond donors (Lipinski definition) is 0. The Kier molecular flexibility index (Phi) is 5.53. The number of hydrogen-bond acceptors (Lipinski definition) is 2. The standard InChI is InChI=1S/C24H24OS/c1-24(2,3)20-12-9-18(10-13-20)11-15-22(25)23-16-14-21(26-23)17-19-7-5-4-6-8-19/h4-16H,17H2,1-3H3/b15-11+. The summed E-state index contributed by atoms with van der Waals surface area (Å²) in [5, 5.41) is 0. The summed E-state index contributed by atoms with van der Waals surface area (Å²) in [5.41, 5.74) is 3.75. The third kappa shape index (κ3) is 4.80. The summed E-state index contributed by atoms with van der Waals surface area (Å²) in [6.45, 7) is 6.60. The van der Waals surface area contributed by atoms with E-state index < -0.39 is 0 Å². The molecule has 0 atom stereocenters. The fourth-order valence-electron chi connectivity index (χ4n) is 2.75. The van der Waals surface area contributed by atoms with Crippen LogP contribution in [0.5, 0.6) is 0 Å².